The summed E-state index contributed by atoms with van der Waals surface area (Å²) in [4.78, 5) is 10.8. The van der Waals surface area contributed by atoms with E-state index in [2.05, 4.69) is 6.92 Å². The zero-order valence-electron chi connectivity index (χ0n) is 10.1. The highest BCUT2D eigenvalue weighted by Gasteiger charge is 2.35. The van der Waals surface area contributed by atoms with Crippen molar-refractivity contribution < 1.29 is 9.90 Å². The molecule has 0 aromatic rings. The molecule has 0 atom stereocenters. The van der Waals surface area contributed by atoms with E-state index in [1.807, 2.05) is 0 Å². The minimum absolute atomic E-state index is 0. The van der Waals surface area contributed by atoms with Crippen LogP contribution in [0, 0.1) is 11.3 Å². The predicted molar refractivity (Wildman–Crippen MR) is 67.9 cm³/mol. The highest BCUT2D eigenvalue weighted by Crippen LogP contribution is 2.42. The van der Waals surface area contributed by atoms with Gasteiger partial charge >= 0.3 is 5.97 Å². The van der Waals surface area contributed by atoms with Gasteiger partial charge in [-0.05, 0) is 43.6 Å². The van der Waals surface area contributed by atoms with Crippen LogP contribution in [0.25, 0.3) is 0 Å². The van der Waals surface area contributed by atoms with E-state index < -0.39 is 5.97 Å². The van der Waals surface area contributed by atoms with Crippen LogP contribution in [0.2, 0.25) is 0 Å². The molecule has 1 aliphatic carbocycles. The first-order chi connectivity index (χ1) is 7.12. The number of rotatable bonds is 5. The molecule has 1 aliphatic rings. The number of aliphatic carboxylic acids is 1. The lowest BCUT2D eigenvalue weighted by atomic mass is 9.68. The first-order valence-corrected chi connectivity index (χ1v) is 6.04. The Kier molecular flexibility index (Phi) is 7.00. The summed E-state index contributed by atoms with van der Waals surface area (Å²) in [5.74, 6) is 0.109. The average molecular weight is 250 g/mol. The average Bonchev–Trinajstić information content (AvgIpc) is 2.21. The van der Waals surface area contributed by atoms with Crippen LogP contribution in [0.15, 0.2) is 0 Å². The summed E-state index contributed by atoms with van der Waals surface area (Å²) >= 11 is 0. The molecule has 0 aromatic carbocycles. The third-order valence-electron chi connectivity index (χ3n) is 3.82. The molecule has 1 fully saturated rings. The predicted octanol–water partition coefficient (Wildman–Crippen LogP) is 2.82. The lowest BCUT2D eigenvalue weighted by Gasteiger charge is -2.38. The Bertz CT molecular complexity index is 213. The van der Waals surface area contributed by atoms with E-state index in [-0.39, 0.29) is 24.2 Å². The molecule has 1 rings (SSSR count). The summed E-state index contributed by atoms with van der Waals surface area (Å²) in [5, 5.41) is 8.88. The van der Waals surface area contributed by atoms with Crippen molar-refractivity contribution in [1.82, 2.24) is 0 Å². The van der Waals surface area contributed by atoms with Crippen molar-refractivity contribution in [3.05, 3.63) is 0 Å². The quantitative estimate of drug-likeness (QED) is 0.788. The van der Waals surface area contributed by atoms with Gasteiger partial charge in [-0.25, -0.2) is 0 Å². The molecule has 0 amide bonds. The van der Waals surface area contributed by atoms with Crippen molar-refractivity contribution in [1.29, 1.82) is 0 Å². The van der Waals surface area contributed by atoms with Crippen molar-refractivity contribution in [2.45, 2.75) is 51.9 Å². The second-order valence-electron chi connectivity index (χ2n) is 5.01. The molecule has 0 bridgehead atoms. The zero-order valence-corrected chi connectivity index (χ0v) is 10.9. The van der Waals surface area contributed by atoms with E-state index in [4.69, 9.17) is 10.8 Å². The van der Waals surface area contributed by atoms with Crippen LogP contribution in [0.5, 0.6) is 0 Å². The number of hydrogen-bond acceptors (Lipinski definition) is 2. The van der Waals surface area contributed by atoms with E-state index in [0.717, 1.165) is 18.8 Å². The SMILES string of the molecule is CCCC1CCC(CN)(CC(=O)O)CC1.Cl. The third-order valence-corrected chi connectivity index (χ3v) is 3.82. The summed E-state index contributed by atoms with van der Waals surface area (Å²) in [6, 6.07) is 0. The number of halogens is 1. The van der Waals surface area contributed by atoms with Crippen LogP contribution < -0.4 is 5.73 Å². The van der Waals surface area contributed by atoms with Gasteiger partial charge in [0, 0.05) is 0 Å². The maximum absolute atomic E-state index is 10.8. The fourth-order valence-electron chi connectivity index (χ4n) is 2.76. The Balaban J connectivity index is 0.00000225. The molecule has 0 aliphatic heterocycles. The number of hydrogen-bond donors (Lipinski definition) is 2. The standard InChI is InChI=1S/C12H23NO2.ClH/c1-2-3-10-4-6-12(9-13,7-5-10)8-11(14)15;/h10H,2-9,13H2,1H3,(H,14,15);1H. The molecule has 0 aromatic heterocycles. The molecule has 4 heteroatoms. The maximum Gasteiger partial charge on any atom is 0.303 e. The van der Waals surface area contributed by atoms with Gasteiger partial charge in [0.25, 0.3) is 0 Å². The second-order valence-corrected chi connectivity index (χ2v) is 5.01. The van der Waals surface area contributed by atoms with Crippen LogP contribution in [0.4, 0.5) is 0 Å². The van der Waals surface area contributed by atoms with Gasteiger partial charge in [0.15, 0.2) is 0 Å². The lowest BCUT2D eigenvalue weighted by Crippen LogP contribution is -2.36. The first-order valence-electron chi connectivity index (χ1n) is 6.04. The van der Waals surface area contributed by atoms with Gasteiger partial charge in [-0.3, -0.25) is 4.79 Å². The molecule has 3 nitrogen and oxygen atoms in total. The molecular formula is C12H24ClNO2. The number of nitrogens with two attached hydrogens (primary N) is 1. The number of carboxylic acid groups (broad SMARTS) is 1. The first kappa shape index (κ1) is 15.7. The van der Waals surface area contributed by atoms with Crippen molar-refractivity contribution in [2.24, 2.45) is 17.1 Å². The van der Waals surface area contributed by atoms with E-state index >= 15 is 0 Å². The summed E-state index contributed by atoms with van der Waals surface area (Å²) in [6.07, 6.45) is 7.10. The fourth-order valence-corrected chi connectivity index (χ4v) is 2.76. The molecule has 0 spiro atoms. The summed E-state index contributed by atoms with van der Waals surface area (Å²) in [7, 11) is 0. The molecule has 3 N–H and O–H groups in total. The zero-order chi connectivity index (χ0) is 11.3. The van der Waals surface area contributed by atoms with Gasteiger partial charge in [0.05, 0.1) is 6.42 Å². The van der Waals surface area contributed by atoms with Gasteiger partial charge in [0.2, 0.25) is 0 Å². The van der Waals surface area contributed by atoms with Crippen LogP contribution in [0.3, 0.4) is 0 Å². The largest absolute Gasteiger partial charge is 0.481 e. The molecule has 96 valence electrons. The van der Waals surface area contributed by atoms with Crippen LogP contribution in [-0.2, 0) is 4.79 Å². The minimum atomic E-state index is -0.700. The Morgan fingerprint density at radius 1 is 1.44 bits per heavy atom. The van der Waals surface area contributed by atoms with E-state index in [9.17, 15) is 4.79 Å². The van der Waals surface area contributed by atoms with Crippen LogP contribution in [-0.4, -0.2) is 17.6 Å². The van der Waals surface area contributed by atoms with E-state index in [1.165, 1.54) is 25.7 Å². The molecule has 0 radical (unpaired) electrons. The molecule has 0 unspecified atom stereocenters. The molecule has 0 heterocycles. The van der Waals surface area contributed by atoms with E-state index in [1.54, 1.807) is 0 Å². The molecular weight excluding hydrogens is 226 g/mol. The van der Waals surface area contributed by atoms with Crippen molar-refractivity contribution in [3.63, 3.8) is 0 Å². The molecule has 1 saturated carbocycles. The van der Waals surface area contributed by atoms with E-state index in [0.29, 0.717) is 6.54 Å². The molecule has 16 heavy (non-hydrogen) atoms. The van der Waals surface area contributed by atoms with Gasteiger partial charge in [-0.2, -0.15) is 0 Å². The van der Waals surface area contributed by atoms with Crippen molar-refractivity contribution in [3.8, 4) is 0 Å². The topological polar surface area (TPSA) is 63.3 Å². The molecule has 0 saturated heterocycles. The highest BCUT2D eigenvalue weighted by atomic mass is 35.5. The Morgan fingerprint density at radius 2 is 2.00 bits per heavy atom. The van der Waals surface area contributed by atoms with Gasteiger partial charge in [0.1, 0.15) is 0 Å². The van der Waals surface area contributed by atoms with Crippen LogP contribution >= 0.6 is 12.4 Å². The monoisotopic (exact) mass is 249 g/mol. The Hall–Kier alpha value is -0.280. The van der Waals surface area contributed by atoms with Gasteiger partial charge in [-0.15, -0.1) is 12.4 Å². The third kappa shape index (κ3) is 4.30. The lowest BCUT2D eigenvalue weighted by molar-refractivity contribution is -0.140. The summed E-state index contributed by atoms with van der Waals surface area (Å²) < 4.78 is 0. The normalized spacial score (nSPS) is 29.5. The Morgan fingerprint density at radius 3 is 2.38 bits per heavy atom. The number of carbonyl (C=O) groups is 1. The van der Waals surface area contributed by atoms with Crippen molar-refractivity contribution >= 4 is 18.4 Å². The number of carboxylic acids is 1. The smallest absolute Gasteiger partial charge is 0.303 e. The summed E-state index contributed by atoms with van der Waals surface area (Å²) in [6.45, 7) is 2.74. The van der Waals surface area contributed by atoms with Crippen molar-refractivity contribution in [2.75, 3.05) is 6.54 Å². The maximum atomic E-state index is 10.8. The highest BCUT2D eigenvalue weighted by molar-refractivity contribution is 5.85. The Labute approximate surface area is 104 Å². The minimum Gasteiger partial charge on any atom is -0.481 e. The van der Waals surface area contributed by atoms with Gasteiger partial charge in [-0.1, -0.05) is 19.8 Å². The second kappa shape index (κ2) is 7.13. The fraction of sp³-hybridized carbons (Fsp3) is 0.917. The summed E-state index contributed by atoms with van der Waals surface area (Å²) in [5.41, 5.74) is 5.64. The van der Waals surface area contributed by atoms with Crippen LogP contribution in [0.1, 0.15) is 51.9 Å². The van der Waals surface area contributed by atoms with Gasteiger partial charge < -0.3 is 10.8 Å².